The highest BCUT2D eigenvalue weighted by Crippen LogP contribution is 2.30. The van der Waals surface area contributed by atoms with Gasteiger partial charge >= 0.3 is 0 Å². The van der Waals surface area contributed by atoms with Crippen molar-refractivity contribution < 1.29 is 13.9 Å². The van der Waals surface area contributed by atoms with Crippen LogP contribution in [-0.2, 0) is 4.74 Å². The second kappa shape index (κ2) is 6.01. The number of aromatic nitrogens is 2. The highest BCUT2D eigenvalue weighted by atomic mass is 127. The van der Waals surface area contributed by atoms with Crippen molar-refractivity contribution in [3.63, 3.8) is 0 Å². The molecule has 2 rings (SSSR count). The Labute approximate surface area is 118 Å². The van der Waals surface area contributed by atoms with Gasteiger partial charge in [-0.1, -0.05) is 0 Å². The lowest BCUT2D eigenvalue weighted by Crippen LogP contribution is -2.09. The van der Waals surface area contributed by atoms with E-state index in [-0.39, 0.29) is 5.95 Å². The van der Waals surface area contributed by atoms with E-state index in [1.165, 1.54) is 0 Å². The maximum Gasteiger partial charge on any atom is 0.232 e. The molecule has 0 fully saturated rings. The van der Waals surface area contributed by atoms with Gasteiger partial charge in [0.25, 0.3) is 0 Å². The Bertz CT molecular complexity index is 517. The van der Waals surface area contributed by atoms with E-state index in [1.807, 2.05) is 6.07 Å². The molecule has 0 aliphatic heterocycles. The summed E-state index contributed by atoms with van der Waals surface area (Å²) >= 11 is 2.10. The second-order valence-electron chi connectivity index (χ2n) is 3.37. The molecule has 0 aliphatic rings. The standard InChI is InChI=1S/C11H12IN3O3/c1-16-5-6-18-10-8(12)9(14-11(13)15-10)7-3-2-4-17-7/h2-4H,5-6H2,1H3,(H2,13,14,15). The van der Waals surface area contributed by atoms with Gasteiger partial charge in [0.2, 0.25) is 11.8 Å². The normalized spacial score (nSPS) is 10.6. The molecule has 2 heterocycles. The van der Waals surface area contributed by atoms with E-state index >= 15 is 0 Å². The Morgan fingerprint density at radius 1 is 1.39 bits per heavy atom. The Kier molecular flexibility index (Phi) is 4.37. The number of halogens is 1. The van der Waals surface area contributed by atoms with Crippen molar-refractivity contribution in [1.82, 2.24) is 9.97 Å². The zero-order chi connectivity index (χ0) is 13.0. The van der Waals surface area contributed by atoms with Gasteiger partial charge in [0.15, 0.2) is 5.76 Å². The predicted molar refractivity (Wildman–Crippen MR) is 74.2 cm³/mol. The molecule has 0 aliphatic carbocycles. The van der Waals surface area contributed by atoms with Crippen LogP contribution in [0.1, 0.15) is 0 Å². The van der Waals surface area contributed by atoms with E-state index in [9.17, 15) is 0 Å². The molecule has 0 radical (unpaired) electrons. The first kappa shape index (κ1) is 13.1. The van der Waals surface area contributed by atoms with Crippen molar-refractivity contribution in [2.45, 2.75) is 0 Å². The van der Waals surface area contributed by atoms with Gasteiger partial charge in [-0.05, 0) is 34.7 Å². The van der Waals surface area contributed by atoms with Crippen LogP contribution in [-0.4, -0.2) is 30.3 Å². The van der Waals surface area contributed by atoms with Crippen LogP contribution >= 0.6 is 22.6 Å². The molecule has 0 bridgehead atoms. The number of hydrogen-bond donors (Lipinski definition) is 1. The average Bonchev–Trinajstić information content (AvgIpc) is 2.87. The van der Waals surface area contributed by atoms with Gasteiger partial charge in [-0.3, -0.25) is 0 Å². The van der Waals surface area contributed by atoms with Gasteiger partial charge in [-0.25, -0.2) is 4.98 Å². The summed E-state index contributed by atoms with van der Waals surface area (Å²) in [5, 5.41) is 0. The minimum atomic E-state index is 0.147. The van der Waals surface area contributed by atoms with E-state index in [4.69, 9.17) is 19.6 Å². The van der Waals surface area contributed by atoms with Crippen LogP contribution in [0.3, 0.4) is 0 Å². The van der Waals surface area contributed by atoms with Crippen LogP contribution in [0.15, 0.2) is 22.8 Å². The number of hydrogen-bond acceptors (Lipinski definition) is 6. The van der Waals surface area contributed by atoms with Crippen LogP contribution < -0.4 is 10.5 Å². The largest absolute Gasteiger partial charge is 0.474 e. The average molecular weight is 361 g/mol. The molecule has 2 N–H and O–H groups in total. The number of nitrogens with zero attached hydrogens (tertiary/aromatic N) is 2. The zero-order valence-corrected chi connectivity index (χ0v) is 11.9. The Hall–Kier alpha value is -1.35. The lowest BCUT2D eigenvalue weighted by atomic mass is 10.3. The third-order valence-electron chi connectivity index (χ3n) is 2.12. The summed E-state index contributed by atoms with van der Waals surface area (Å²) in [6, 6.07) is 3.60. The van der Waals surface area contributed by atoms with E-state index in [2.05, 4.69) is 32.6 Å². The molecule has 0 amide bonds. The fourth-order valence-electron chi connectivity index (χ4n) is 1.34. The number of ether oxygens (including phenoxy) is 2. The maximum absolute atomic E-state index is 5.66. The van der Waals surface area contributed by atoms with Crippen molar-refractivity contribution in [3.05, 3.63) is 22.0 Å². The van der Waals surface area contributed by atoms with E-state index < -0.39 is 0 Å². The molecule has 0 unspecified atom stereocenters. The minimum absolute atomic E-state index is 0.147. The summed E-state index contributed by atoms with van der Waals surface area (Å²) in [5.74, 6) is 1.21. The van der Waals surface area contributed by atoms with Crippen molar-refractivity contribution in [3.8, 4) is 17.3 Å². The molecular formula is C11H12IN3O3. The van der Waals surface area contributed by atoms with Gasteiger partial charge in [-0.15, -0.1) is 0 Å². The van der Waals surface area contributed by atoms with Gasteiger partial charge in [-0.2, -0.15) is 4.98 Å². The summed E-state index contributed by atoms with van der Waals surface area (Å²) in [5.41, 5.74) is 6.29. The smallest absolute Gasteiger partial charge is 0.232 e. The topological polar surface area (TPSA) is 83.4 Å². The fourth-order valence-corrected chi connectivity index (χ4v) is 2.00. The van der Waals surface area contributed by atoms with Crippen LogP contribution in [0.25, 0.3) is 11.5 Å². The molecule has 0 atom stereocenters. The maximum atomic E-state index is 5.66. The first-order valence-electron chi connectivity index (χ1n) is 5.21. The summed E-state index contributed by atoms with van der Waals surface area (Å²) in [6.45, 7) is 0.886. The lowest BCUT2D eigenvalue weighted by Gasteiger charge is -2.09. The molecule has 96 valence electrons. The highest BCUT2D eigenvalue weighted by Gasteiger charge is 2.15. The number of nitrogen functional groups attached to an aromatic ring is 1. The number of methoxy groups -OCH3 is 1. The van der Waals surface area contributed by atoms with Crippen molar-refractivity contribution >= 4 is 28.5 Å². The van der Waals surface area contributed by atoms with Crippen molar-refractivity contribution in [1.29, 1.82) is 0 Å². The number of nitrogens with two attached hydrogens (primary N) is 1. The van der Waals surface area contributed by atoms with Crippen LogP contribution in [0.2, 0.25) is 0 Å². The predicted octanol–water partition coefficient (Wildman–Crippen LogP) is 1.95. The van der Waals surface area contributed by atoms with Crippen molar-refractivity contribution in [2.24, 2.45) is 0 Å². The Morgan fingerprint density at radius 3 is 2.89 bits per heavy atom. The number of rotatable bonds is 5. The van der Waals surface area contributed by atoms with Crippen LogP contribution in [0.5, 0.6) is 5.88 Å². The second-order valence-corrected chi connectivity index (χ2v) is 4.45. The SMILES string of the molecule is COCCOc1nc(N)nc(-c2ccco2)c1I. The molecule has 0 aromatic carbocycles. The quantitative estimate of drug-likeness (QED) is 0.648. The van der Waals surface area contributed by atoms with Gasteiger partial charge < -0.3 is 19.6 Å². The third-order valence-corrected chi connectivity index (χ3v) is 3.09. The third kappa shape index (κ3) is 2.91. The van der Waals surface area contributed by atoms with Gasteiger partial charge in [0.1, 0.15) is 15.9 Å². The molecule has 2 aromatic rings. The first-order valence-corrected chi connectivity index (χ1v) is 6.29. The minimum Gasteiger partial charge on any atom is -0.474 e. The van der Waals surface area contributed by atoms with E-state index in [1.54, 1.807) is 19.4 Å². The zero-order valence-electron chi connectivity index (χ0n) is 9.72. The molecule has 0 spiro atoms. The molecule has 2 aromatic heterocycles. The summed E-state index contributed by atoms with van der Waals surface area (Å²) in [7, 11) is 1.61. The monoisotopic (exact) mass is 361 g/mol. The fraction of sp³-hybridized carbons (Fsp3) is 0.273. The molecule has 0 saturated carbocycles. The molecule has 7 heteroatoms. The Balaban J connectivity index is 2.31. The first-order chi connectivity index (χ1) is 8.72. The lowest BCUT2D eigenvalue weighted by molar-refractivity contribution is 0.143. The molecular weight excluding hydrogens is 349 g/mol. The Morgan fingerprint density at radius 2 is 2.22 bits per heavy atom. The number of anilines is 1. The van der Waals surface area contributed by atoms with Gasteiger partial charge in [0.05, 0.1) is 12.9 Å². The highest BCUT2D eigenvalue weighted by molar-refractivity contribution is 14.1. The molecule has 0 saturated heterocycles. The molecule has 6 nitrogen and oxygen atoms in total. The number of furan rings is 1. The van der Waals surface area contributed by atoms with Crippen LogP contribution in [0.4, 0.5) is 5.95 Å². The van der Waals surface area contributed by atoms with E-state index in [0.29, 0.717) is 30.5 Å². The van der Waals surface area contributed by atoms with Crippen LogP contribution in [0, 0.1) is 3.57 Å². The van der Waals surface area contributed by atoms with Gasteiger partial charge in [0, 0.05) is 7.11 Å². The molecule has 18 heavy (non-hydrogen) atoms. The van der Waals surface area contributed by atoms with E-state index in [0.717, 1.165) is 3.57 Å². The summed E-state index contributed by atoms with van der Waals surface area (Å²) < 4.78 is 16.5. The van der Waals surface area contributed by atoms with Crippen molar-refractivity contribution in [2.75, 3.05) is 26.1 Å². The summed E-state index contributed by atoms with van der Waals surface area (Å²) in [4.78, 5) is 8.21. The summed E-state index contributed by atoms with van der Waals surface area (Å²) in [6.07, 6.45) is 1.58.